The number of rotatable bonds is 12. The van der Waals surface area contributed by atoms with Gasteiger partial charge in [-0.3, -0.25) is 0 Å². The maximum Gasteiger partial charge on any atom is 0.188 e. The first kappa shape index (κ1) is 17.4. The summed E-state index contributed by atoms with van der Waals surface area (Å²) in [6.07, 6.45) is 2.20. The SMILES string of the molecule is C=CCOC(CC(=C)OCOCCOC)c1ccccc1. The van der Waals surface area contributed by atoms with Gasteiger partial charge in [0.1, 0.15) is 0 Å². The predicted octanol–water partition coefficient (Wildman–Crippen LogP) is 3.47. The zero-order valence-corrected chi connectivity index (χ0v) is 12.6. The van der Waals surface area contributed by atoms with E-state index in [1.54, 1.807) is 13.2 Å². The minimum Gasteiger partial charge on any atom is -0.472 e. The zero-order valence-electron chi connectivity index (χ0n) is 12.6. The maximum absolute atomic E-state index is 5.77. The van der Waals surface area contributed by atoms with E-state index < -0.39 is 0 Å². The quantitative estimate of drug-likeness (QED) is 0.256. The Kier molecular flexibility index (Phi) is 9.20. The molecule has 0 aromatic heterocycles. The molecule has 1 aromatic rings. The summed E-state index contributed by atoms with van der Waals surface area (Å²) in [6, 6.07) is 9.99. The molecule has 1 unspecified atom stereocenters. The molecule has 0 fully saturated rings. The van der Waals surface area contributed by atoms with E-state index in [1.165, 1.54) is 0 Å². The Morgan fingerprint density at radius 1 is 1.24 bits per heavy atom. The average molecular weight is 292 g/mol. The summed E-state index contributed by atoms with van der Waals surface area (Å²) in [4.78, 5) is 0. The summed E-state index contributed by atoms with van der Waals surface area (Å²) in [5.74, 6) is 0.630. The van der Waals surface area contributed by atoms with Gasteiger partial charge < -0.3 is 18.9 Å². The van der Waals surface area contributed by atoms with Crippen LogP contribution in [0.2, 0.25) is 0 Å². The van der Waals surface area contributed by atoms with E-state index in [-0.39, 0.29) is 12.9 Å². The van der Waals surface area contributed by atoms with E-state index in [1.807, 2.05) is 30.3 Å². The molecule has 0 saturated carbocycles. The minimum atomic E-state index is -0.101. The summed E-state index contributed by atoms with van der Waals surface area (Å²) in [5.41, 5.74) is 1.09. The Morgan fingerprint density at radius 3 is 2.67 bits per heavy atom. The van der Waals surface area contributed by atoms with Crippen LogP contribution in [0.4, 0.5) is 0 Å². The Bertz CT molecular complexity index is 403. The molecule has 21 heavy (non-hydrogen) atoms. The van der Waals surface area contributed by atoms with E-state index in [4.69, 9.17) is 18.9 Å². The first-order valence-corrected chi connectivity index (χ1v) is 6.92. The molecular formula is C17H24O4. The highest BCUT2D eigenvalue weighted by atomic mass is 16.7. The molecule has 0 saturated heterocycles. The summed E-state index contributed by atoms with van der Waals surface area (Å²) < 4.78 is 21.3. The topological polar surface area (TPSA) is 36.9 Å². The third-order valence-electron chi connectivity index (χ3n) is 2.78. The molecule has 1 aromatic carbocycles. The van der Waals surface area contributed by atoms with Crippen molar-refractivity contribution >= 4 is 0 Å². The van der Waals surface area contributed by atoms with E-state index in [9.17, 15) is 0 Å². The fraction of sp³-hybridized carbons (Fsp3) is 0.412. The summed E-state index contributed by atoms with van der Waals surface area (Å²) in [6.45, 7) is 9.28. The van der Waals surface area contributed by atoms with E-state index in [0.717, 1.165) is 5.56 Å². The van der Waals surface area contributed by atoms with Crippen LogP contribution in [-0.2, 0) is 18.9 Å². The third-order valence-corrected chi connectivity index (χ3v) is 2.78. The molecule has 0 aliphatic carbocycles. The average Bonchev–Trinajstić information content (AvgIpc) is 2.52. The van der Waals surface area contributed by atoms with Crippen LogP contribution in [0.1, 0.15) is 18.1 Å². The van der Waals surface area contributed by atoms with Crippen molar-refractivity contribution < 1.29 is 18.9 Å². The molecule has 0 bridgehead atoms. The first-order valence-electron chi connectivity index (χ1n) is 6.92. The van der Waals surface area contributed by atoms with Crippen molar-refractivity contribution in [2.24, 2.45) is 0 Å². The van der Waals surface area contributed by atoms with Crippen molar-refractivity contribution in [3.05, 3.63) is 60.9 Å². The van der Waals surface area contributed by atoms with Crippen LogP contribution in [0.3, 0.4) is 0 Å². The molecule has 1 atom stereocenters. The number of ether oxygens (including phenoxy) is 4. The van der Waals surface area contributed by atoms with Crippen LogP contribution in [0, 0.1) is 0 Å². The van der Waals surface area contributed by atoms with Gasteiger partial charge in [0.15, 0.2) is 6.79 Å². The van der Waals surface area contributed by atoms with Gasteiger partial charge in [0.2, 0.25) is 0 Å². The van der Waals surface area contributed by atoms with E-state index in [0.29, 0.717) is 32.0 Å². The second-order valence-corrected chi connectivity index (χ2v) is 4.43. The molecule has 4 nitrogen and oxygen atoms in total. The van der Waals surface area contributed by atoms with Crippen LogP contribution in [0.5, 0.6) is 0 Å². The van der Waals surface area contributed by atoms with Crippen molar-refractivity contribution in [3.8, 4) is 0 Å². The Hall–Kier alpha value is -1.62. The lowest BCUT2D eigenvalue weighted by atomic mass is 10.1. The molecule has 0 amide bonds. The number of hydrogen-bond donors (Lipinski definition) is 0. The Labute approximate surface area is 127 Å². The largest absolute Gasteiger partial charge is 0.472 e. The van der Waals surface area contributed by atoms with Gasteiger partial charge in [0, 0.05) is 13.5 Å². The molecule has 116 valence electrons. The molecule has 4 heteroatoms. The first-order chi connectivity index (χ1) is 10.3. The third kappa shape index (κ3) is 7.66. The summed E-state index contributed by atoms with van der Waals surface area (Å²) >= 11 is 0. The summed E-state index contributed by atoms with van der Waals surface area (Å²) in [5, 5.41) is 0. The fourth-order valence-corrected chi connectivity index (χ4v) is 1.72. The van der Waals surface area contributed by atoms with Crippen LogP contribution < -0.4 is 0 Å². The Morgan fingerprint density at radius 2 is 2.00 bits per heavy atom. The highest BCUT2D eigenvalue weighted by Crippen LogP contribution is 2.24. The maximum atomic E-state index is 5.77. The Balaban J connectivity index is 2.41. The fourth-order valence-electron chi connectivity index (χ4n) is 1.72. The second kappa shape index (κ2) is 11.1. The van der Waals surface area contributed by atoms with Crippen molar-refractivity contribution in [3.63, 3.8) is 0 Å². The molecule has 0 spiro atoms. The molecule has 0 aliphatic rings. The van der Waals surface area contributed by atoms with Gasteiger partial charge >= 0.3 is 0 Å². The standard InChI is InChI=1S/C17H24O4/c1-4-10-20-17(16-8-6-5-7-9-16)13-15(2)21-14-19-12-11-18-3/h4-9,17H,1-2,10-14H2,3H3. The van der Waals surface area contributed by atoms with E-state index in [2.05, 4.69) is 13.2 Å². The van der Waals surface area contributed by atoms with Gasteiger partial charge in [0.25, 0.3) is 0 Å². The lowest BCUT2D eigenvalue weighted by Gasteiger charge is -2.19. The lowest BCUT2D eigenvalue weighted by molar-refractivity contribution is -0.0471. The van der Waals surface area contributed by atoms with Gasteiger partial charge in [0.05, 0.1) is 31.7 Å². The van der Waals surface area contributed by atoms with Crippen LogP contribution in [0.15, 0.2) is 55.3 Å². The van der Waals surface area contributed by atoms with Crippen molar-refractivity contribution in [2.45, 2.75) is 12.5 Å². The van der Waals surface area contributed by atoms with Crippen molar-refractivity contribution in [2.75, 3.05) is 33.7 Å². The minimum absolute atomic E-state index is 0.101. The molecule has 0 radical (unpaired) electrons. The molecule has 0 heterocycles. The highest BCUT2D eigenvalue weighted by molar-refractivity contribution is 5.18. The molecule has 0 aliphatic heterocycles. The lowest BCUT2D eigenvalue weighted by Crippen LogP contribution is -2.09. The molecular weight excluding hydrogens is 268 g/mol. The van der Waals surface area contributed by atoms with Crippen molar-refractivity contribution in [1.29, 1.82) is 0 Å². The number of benzene rings is 1. The van der Waals surface area contributed by atoms with Crippen LogP contribution in [-0.4, -0.2) is 33.7 Å². The van der Waals surface area contributed by atoms with Gasteiger partial charge in [-0.05, 0) is 5.56 Å². The van der Waals surface area contributed by atoms with Crippen LogP contribution in [0.25, 0.3) is 0 Å². The van der Waals surface area contributed by atoms with Gasteiger partial charge in [-0.2, -0.15) is 0 Å². The van der Waals surface area contributed by atoms with E-state index >= 15 is 0 Å². The summed E-state index contributed by atoms with van der Waals surface area (Å²) in [7, 11) is 1.63. The second-order valence-electron chi connectivity index (χ2n) is 4.43. The van der Waals surface area contributed by atoms with Gasteiger partial charge in [-0.1, -0.05) is 43.0 Å². The molecule has 1 rings (SSSR count). The normalized spacial score (nSPS) is 11.9. The van der Waals surface area contributed by atoms with Crippen LogP contribution >= 0.6 is 0 Å². The number of methoxy groups -OCH3 is 1. The smallest absolute Gasteiger partial charge is 0.188 e. The highest BCUT2D eigenvalue weighted by Gasteiger charge is 2.13. The monoisotopic (exact) mass is 292 g/mol. The number of hydrogen-bond acceptors (Lipinski definition) is 4. The van der Waals surface area contributed by atoms with Crippen molar-refractivity contribution in [1.82, 2.24) is 0 Å². The van der Waals surface area contributed by atoms with Gasteiger partial charge in [-0.15, -0.1) is 6.58 Å². The zero-order chi connectivity index (χ0) is 15.3. The molecule has 0 N–H and O–H groups in total. The predicted molar refractivity (Wildman–Crippen MR) is 82.9 cm³/mol. The van der Waals surface area contributed by atoms with Gasteiger partial charge in [-0.25, -0.2) is 0 Å².